The lowest BCUT2D eigenvalue weighted by molar-refractivity contribution is -0.125. The molecular formula is C18H26N2O5S3. The van der Waals surface area contributed by atoms with Crippen LogP contribution in [0.1, 0.15) is 42.3 Å². The molecule has 3 rings (SSSR count). The third kappa shape index (κ3) is 5.28. The summed E-state index contributed by atoms with van der Waals surface area (Å²) in [6.07, 6.45) is 4.02. The van der Waals surface area contributed by atoms with Crippen molar-refractivity contribution in [3.63, 3.8) is 0 Å². The molecule has 156 valence electrons. The van der Waals surface area contributed by atoms with Crippen molar-refractivity contribution in [3.05, 3.63) is 16.3 Å². The topological polar surface area (TPSA) is 92.8 Å². The van der Waals surface area contributed by atoms with Gasteiger partial charge in [0.15, 0.2) is 6.61 Å². The van der Waals surface area contributed by atoms with E-state index >= 15 is 0 Å². The Morgan fingerprint density at radius 3 is 2.57 bits per heavy atom. The first-order valence-electron chi connectivity index (χ1n) is 9.50. The highest BCUT2D eigenvalue weighted by molar-refractivity contribution is 7.99. The average molecular weight is 447 g/mol. The number of thioether (sulfide) groups is 1. The van der Waals surface area contributed by atoms with Gasteiger partial charge in [-0.05, 0) is 43.0 Å². The van der Waals surface area contributed by atoms with Gasteiger partial charge in [-0.25, -0.2) is 13.2 Å². The van der Waals surface area contributed by atoms with Crippen molar-refractivity contribution in [2.75, 3.05) is 31.2 Å². The molecule has 0 atom stereocenters. The van der Waals surface area contributed by atoms with Crippen LogP contribution in [-0.4, -0.2) is 61.8 Å². The molecule has 2 aliphatic rings. The van der Waals surface area contributed by atoms with Crippen molar-refractivity contribution in [1.29, 1.82) is 0 Å². The van der Waals surface area contributed by atoms with Gasteiger partial charge in [0.1, 0.15) is 9.77 Å². The van der Waals surface area contributed by atoms with Crippen LogP contribution in [0.4, 0.5) is 0 Å². The summed E-state index contributed by atoms with van der Waals surface area (Å²) >= 11 is 2.73. The molecular weight excluding hydrogens is 420 g/mol. The summed E-state index contributed by atoms with van der Waals surface area (Å²) in [5.41, 5.74) is 0. The van der Waals surface area contributed by atoms with Crippen LogP contribution in [0, 0.1) is 5.92 Å². The van der Waals surface area contributed by atoms with Gasteiger partial charge in [-0.15, -0.1) is 11.3 Å². The van der Waals surface area contributed by atoms with Gasteiger partial charge in [0, 0.05) is 30.6 Å². The smallest absolute Gasteiger partial charge is 0.350 e. The number of sulfonamides is 1. The number of thiophene rings is 1. The minimum absolute atomic E-state index is 0.0255. The van der Waals surface area contributed by atoms with Gasteiger partial charge in [-0.3, -0.25) is 4.79 Å². The van der Waals surface area contributed by atoms with E-state index in [2.05, 4.69) is 12.2 Å². The van der Waals surface area contributed by atoms with Crippen LogP contribution in [0.2, 0.25) is 0 Å². The van der Waals surface area contributed by atoms with Crippen LogP contribution >= 0.6 is 23.1 Å². The Hall–Kier alpha value is -1.10. The monoisotopic (exact) mass is 446 g/mol. The molecule has 28 heavy (non-hydrogen) atoms. The quantitative estimate of drug-likeness (QED) is 0.674. The highest BCUT2D eigenvalue weighted by Crippen LogP contribution is 2.28. The molecule has 1 aliphatic carbocycles. The fourth-order valence-corrected chi connectivity index (χ4v) is 7.31. The minimum Gasteiger partial charge on any atom is -0.451 e. The third-order valence-electron chi connectivity index (χ3n) is 5.12. The number of carbonyl (C=O) groups is 2. The molecule has 7 nitrogen and oxygen atoms in total. The summed E-state index contributed by atoms with van der Waals surface area (Å²) in [6.45, 7) is 2.66. The summed E-state index contributed by atoms with van der Waals surface area (Å²) in [7, 11) is -3.73. The molecule has 2 fully saturated rings. The molecule has 1 saturated heterocycles. The fraction of sp³-hybridized carbons (Fsp3) is 0.667. The van der Waals surface area contributed by atoms with E-state index in [1.54, 1.807) is 17.1 Å². The predicted octanol–water partition coefficient (Wildman–Crippen LogP) is 2.34. The lowest BCUT2D eigenvalue weighted by atomic mass is 9.87. The zero-order valence-corrected chi connectivity index (χ0v) is 18.3. The molecule has 1 aromatic heterocycles. The van der Waals surface area contributed by atoms with Crippen LogP contribution in [0.3, 0.4) is 0 Å². The fourth-order valence-electron chi connectivity index (χ4n) is 3.45. The Bertz CT molecular complexity index is 794. The standard InChI is InChI=1S/C18H26N2O5S3/c1-13-2-4-14(5-3-13)19-16(21)12-25-18(22)17-15(6-9-27-17)28(23,24)20-7-10-26-11-8-20/h6,9,13-14H,2-5,7-8,10-12H2,1H3,(H,19,21). The Labute approximate surface area is 174 Å². The molecule has 1 N–H and O–H groups in total. The zero-order chi connectivity index (χ0) is 20.1. The van der Waals surface area contributed by atoms with Gasteiger partial charge >= 0.3 is 5.97 Å². The lowest BCUT2D eigenvalue weighted by Gasteiger charge is -2.26. The van der Waals surface area contributed by atoms with Crippen molar-refractivity contribution in [1.82, 2.24) is 9.62 Å². The van der Waals surface area contributed by atoms with Gasteiger partial charge in [0.25, 0.3) is 5.91 Å². The number of nitrogens with one attached hydrogen (secondary N) is 1. The second kappa shape index (κ2) is 9.60. The molecule has 0 bridgehead atoms. The molecule has 0 spiro atoms. The van der Waals surface area contributed by atoms with Gasteiger partial charge in [0.2, 0.25) is 10.0 Å². The van der Waals surface area contributed by atoms with Gasteiger partial charge in [0.05, 0.1) is 0 Å². The van der Waals surface area contributed by atoms with E-state index in [0.717, 1.165) is 48.5 Å². The largest absolute Gasteiger partial charge is 0.451 e. The average Bonchev–Trinajstić information content (AvgIpc) is 3.19. The number of hydrogen-bond acceptors (Lipinski definition) is 7. The molecule has 10 heteroatoms. The number of carbonyl (C=O) groups excluding carboxylic acids is 2. The first kappa shape index (κ1) is 21.6. The van der Waals surface area contributed by atoms with E-state index in [4.69, 9.17) is 4.74 Å². The van der Waals surface area contributed by atoms with Crippen LogP contribution in [0.25, 0.3) is 0 Å². The van der Waals surface area contributed by atoms with Crippen LogP contribution in [0.15, 0.2) is 16.3 Å². The summed E-state index contributed by atoms with van der Waals surface area (Å²) < 4.78 is 32.2. The summed E-state index contributed by atoms with van der Waals surface area (Å²) in [5, 5.41) is 4.46. The predicted molar refractivity (Wildman–Crippen MR) is 110 cm³/mol. The number of amides is 1. The number of esters is 1. The maximum Gasteiger partial charge on any atom is 0.350 e. The molecule has 0 radical (unpaired) electrons. The van der Waals surface area contributed by atoms with E-state index < -0.39 is 22.6 Å². The molecule has 1 aromatic rings. The van der Waals surface area contributed by atoms with Crippen molar-refractivity contribution in [3.8, 4) is 0 Å². The molecule has 0 unspecified atom stereocenters. The van der Waals surface area contributed by atoms with E-state index in [1.807, 2.05) is 0 Å². The second-order valence-corrected chi connectivity index (χ2v) is 11.3. The summed E-state index contributed by atoms with van der Waals surface area (Å²) in [6, 6.07) is 1.55. The Morgan fingerprint density at radius 1 is 1.21 bits per heavy atom. The Morgan fingerprint density at radius 2 is 1.89 bits per heavy atom. The zero-order valence-electron chi connectivity index (χ0n) is 15.9. The van der Waals surface area contributed by atoms with Gasteiger partial charge < -0.3 is 10.1 Å². The number of ether oxygens (including phenoxy) is 1. The van der Waals surface area contributed by atoms with E-state index in [-0.39, 0.29) is 21.7 Å². The minimum atomic E-state index is -3.73. The van der Waals surface area contributed by atoms with E-state index in [0.29, 0.717) is 19.0 Å². The molecule has 1 saturated carbocycles. The van der Waals surface area contributed by atoms with Crippen molar-refractivity contribution in [2.45, 2.75) is 43.5 Å². The number of nitrogens with zero attached hydrogens (tertiary/aromatic N) is 1. The maximum absolute atomic E-state index is 12.8. The maximum atomic E-state index is 12.8. The molecule has 2 heterocycles. The molecule has 0 aromatic carbocycles. The number of hydrogen-bond donors (Lipinski definition) is 1. The van der Waals surface area contributed by atoms with Crippen molar-refractivity contribution >= 4 is 45.0 Å². The van der Waals surface area contributed by atoms with Gasteiger partial charge in [-0.2, -0.15) is 16.1 Å². The lowest BCUT2D eigenvalue weighted by Crippen LogP contribution is -2.40. The normalized spacial score (nSPS) is 23.9. The van der Waals surface area contributed by atoms with Crippen molar-refractivity contribution in [2.24, 2.45) is 5.92 Å². The second-order valence-electron chi connectivity index (χ2n) is 7.23. The number of rotatable bonds is 6. The van der Waals surface area contributed by atoms with Gasteiger partial charge in [-0.1, -0.05) is 6.92 Å². The van der Waals surface area contributed by atoms with E-state index in [1.165, 1.54) is 10.4 Å². The van der Waals surface area contributed by atoms with E-state index in [9.17, 15) is 18.0 Å². The summed E-state index contributed by atoms with van der Waals surface area (Å²) in [5.74, 6) is 1.05. The molecule has 1 aliphatic heterocycles. The molecule has 1 amide bonds. The third-order valence-corrected chi connectivity index (χ3v) is 9.02. The van der Waals surface area contributed by atoms with Crippen LogP contribution < -0.4 is 5.32 Å². The Kier molecular flexibility index (Phi) is 7.41. The SMILES string of the molecule is CC1CCC(NC(=O)COC(=O)c2sccc2S(=O)(=O)N2CCSCC2)CC1. The Balaban J connectivity index is 1.56. The summed E-state index contributed by atoms with van der Waals surface area (Å²) in [4.78, 5) is 24.5. The van der Waals surface area contributed by atoms with Crippen LogP contribution in [0.5, 0.6) is 0 Å². The van der Waals surface area contributed by atoms with Crippen LogP contribution in [-0.2, 0) is 19.6 Å². The highest BCUT2D eigenvalue weighted by atomic mass is 32.2. The highest BCUT2D eigenvalue weighted by Gasteiger charge is 2.32. The first-order valence-corrected chi connectivity index (χ1v) is 13.0. The van der Waals surface area contributed by atoms with Crippen molar-refractivity contribution < 1.29 is 22.7 Å². The first-order chi connectivity index (χ1) is 13.4.